The number of Topliss-reactive ketones (excluding diaryl/α,β-unsaturated/α-hetero) is 2. The minimum atomic E-state index is -2.65. The SMILES string of the molecule is CCN(Cc1cc(O)c2c(c1N(C)C)C[C@H]1C[C@H]3[C@H](N(C)C)C(=O)C(C(N)=O)=C(O)[C@@]3(O)C(=O)C1=C2O)CC(C)C. The fourth-order valence-electron chi connectivity index (χ4n) is 7.11. The van der Waals surface area contributed by atoms with Gasteiger partial charge in [-0.25, -0.2) is 0 Å². The van der Waals surface area contributed by atoms with Crippen LogP contribution >= 0.6 is 0 Å². The van der Waals surface area contributed by atoms with Gasteiger partial charge < -0.3 is 31.1 Å². The van der Waals surface area contributed by atoms with E-state index in [0.717, 1.165) is 24.3 Å². The number of carbonyl (C=O) groups is 3. The Morgan fingerprint density at radius 3 is 2.29 bits per heavy atom. The number of likely N-dealkylation sites (N-methyl/N-ethyl adjacent to an activating group) is 1. The fourth-order valence-corrected chi connectivity index (χ4v) is 7.11. The number of rotatable bonds is 8. The third-order valence-electron chi connectivity index (χ3n) is 8.68. The summed E-state index contributed by atoms with van der Waals surface area (Å²) in [5.41, 5.74) is 4.21. The predicted octanol–water partition coefficient (Wildman–Crippen LogP) is 1.51. The minimum Gasteiger partial charge on any atom is -0.508 e. The second-order valence-electron chi connectivity index (χ2n) is 12.3. The number of carbonyl (C=O) groups excluding carboxylic acids is 3. The maximum atomic E-state index is 14.0. The molecule has 1 aromatic carbocycles. The molecule has 1 aromatic rings. The van der Waals surface area contributed by atoms with Crippen molar-refractivity contribution in [2.45, 2.75) is 51.8 Å². The maximum Gasteiger partial charge on any atom is 0.255 e. The Bertz CT molecular complexity index is 1360. The van der Waals surface area contributed by atoms with Gasteiger partial charge in [0.2, 0.25) is 5.78 Å². The number of aliphatic hydroxyl groups is 3. The lowest BCUT2D eigenvalue weighted by Gasteiger charge is -2.50. The molecule has 0 unspecified atom stereocenters. The Balaban J connectivity index is 1.93. The van der Waals surface area contributed by atoms with Crippen molar-refractivity contribution in [3.8, 4) is 5.75 Å². The van der Waals surface area contributed by atoms with Crippen LogP contribution in [0.5, 0.6) is 5.75 Å². The number of aromatic hydroxyl groups is 1. The van der Waals surface area contributed by atoms with Crippen LogP contribution in [-0.2, 0) is 27.3 Å². The number of primary amides is 1. The molecule has 0 saturated heterocycles. The third kappa shape index (κ3) is 4.69. The van der Waals surface area contributed by atoms with Gasteiger partial charge in [0.25, 0.3) is 5.91 Å². The highest BCUT2D eigenvalue weighted by molar-refractivity contribution is 6.24. The van der Waals surface area contributed by atoms with E-state index in [1.165, 1.54) is 4.90 Å². The molecule has 0 aromatic heterocycles. The van der Waals surface area contributed by atoms with Gasteiger partial charge >= 0.3 is 0 Å². The number of amides is 1. The lowest BCUT2D eigenvalue weighted by atomic mass is 9.57. The largest absolute Gasteiger partial charge is 0.508 e. The zero-order valence-electron chi connectivity index (χ0n) is 24.9. The van der Waals surface area contributed by atoms with Crippen molar-refractivity contribution >= 4 is 28.9 Å². The standard InChI is InChI=1S/C30H42N4O7/c1-8-34(12-14(2)3)13-16-11-19(35)21-17(23(16)32(4)5)9-15-10-18-24(33(6)7)26(37)22(29(31)40)28(39)30(18,41)27(38)20(15)25(21)36/h11,14-15,18,24,35-36,39,41H,8-10,12-13H2,1-7H3,(H2,31,40)/t15-,18-,24-,30-/m0/s1. The number of ketones is 2. The molecule has 11 nitrogen and oxygen atoms in total. The number of phenols is 1. The van der Waals surface area contributed by atoms with Crippen molar-refractivity contribution in [3.63, 3.8) is 0 Å². The van der Waals surface area contributed by atoms with Gasteiger partial charge in [-0.1, -0.05) is 20.8 Å². The summed E-state index contributed by atoms with van der Waals surface area (Å²) in [6.45, 7) is 8.59. The molecular weight excluding hydrogens is 528 g/mol. The van der Waals surface area contributed by atoms with Crippen molar-refractivity contribution in [1.29, 1.82) is 0 Å². The summed E-state index contributed by atoms with van der Waals surface area (Å²) in [6, 6.07) is 0.484. The van der Waals surface area contributed by atoms with E-state index in [4.69, 9.17) is 5.73 Å². The summed E-state index contributed by atoms with van der Waals surface area (Å²) in [5.74, 6) is -6.10. The van der Waals surface area contributed by atoms with Crippen LogP contribution in [-0.4, -0.2) is 101 Å². The first kappa shape index (κ1) is 30.5. The molecule has 41 heavy (non-hydrogen) atoms. The van der Waals surface area contributed by atoms with Crippen LogP contribution in [0.25, 0.3) is 5.76 Å². The van der Waals surface area contributed by atoms with Gasteiger partial charge in [-0.2, -0.15) is 0 Å². The molecular formula is C30H42N4O7. The zero-order chi connectivity index (χ0) is 30.7. The quantitative estimate of drug-likeness (QED) is 0.289. The second-order valence-corrected chi connectivity index (χ2v) is 12.3. The zero-order valence-corrected chi connectivity index (χ0v) is 24.9. The topological polar surface area (TPSA) is 168 Å². The summed E-state index contributed by atoms with van der Waals surface area (Å²) in [7, 11) is 6.93. The van der Waals surface area contributed by atoms with Crippen LogP contribution in [0.1, 0.15) is 43.9 Å². The number of aliphatic hydroxyl groups excluding tert-OH is 2. The van der Waals surface area contributed by atoms with Gasteiger partial charge in [0.1, 0.15) is 22.8 Å². The average Bonchev–Trinajstić information content (AvgIpc) is 2.84. The first-order valence-corrected chi connectivity index (χ1v) is 14.0. The number of hydrogen-bond acceptors (Lipinski definition) is 10. The molecule has 4 rings (SSSR count). The first-order chi connectivity index (χ1) is 19.1. The molecule has 0 heterocycles. The van der Waals surface area contributed by atoms with E-state index in [0.29, 0.717) is 18.0 Å². The van der Waals surface area contributed by atoms with E-state index in [9.17, 15) is 34.8 Å². The normalized spacial score (nSPS) is 26.1. The van der Waals surface area contributed by atoms with Crippen LogP contribution in [0.4, 0.5) is 5.69 Å². The van der Waals surface area contributed by atoms with E-state index < -0.39 is 58.0 Å². The fraction of sp³-hybridized carbons (Fsp3) is 0.567. The monoisotopic (exact) mass is 570 g/mol. The summed E-state index contributed by atoms with van der Waals surface area (Å²) in [5, 5.41) is 45.5. The average molecular weight is 571 g/mol. The lowest BCUT2D eigenvalue weighted by Crippen LogP contribution is -2.65. The molecule has 224 valence electrons. The molecule has 1 saturated carbocycles. The van der Waals surface area contributed by atoms with Crippen molar-refractivity contribution < 1.29 is 34.8 Å². The van der Waals surface area contributed by atoms with Crippen molar-refractivity contribution in [2.24, 2.45) is 23.5 Å². The smallest absolute Gasteiger partial charge is 0.255 e. The van der Waals surface area contributed by atoms with E-state index in [1.807, 2.05) is 19.0 Å². The first-order valence-electron chi connectivity index (χ1n) is 14.0. The van der Waals surface area contributed by atoms with Gasteiger partial charge in [-0.05, 0) is 62.5 Å². The number of anilines is 1. The molecule has 1 amide bonds. The molecule has 4 atom stereocenters. The molecule has 11 heteroatoms. The Morgan fingerprint density at radius 2 is 1.78 bits per heavy atom. The van der Waals surface area contributed by atoms with Gasteiger partial charge in [0.05, 0.1) is 11.6 Å². The number of hydrogen-bond donors (Lipinski definition) is 5. The number of nitrogens with zero attached hydrogens (tertiary/aromatic N) is 3. The van der Waals surface area contributed by atoms with Gasteiger partial charge in [-0.3, -0.25) is 24.2 Å². The lowest BCUT2D eigenvalue weighted by molar-refractivity contribution is -0.153. The van der Waals surface area contributed by atoms with Crippen LogP contribution in [0, 0.1) is 17.8 Å². The van der Waals surface area contributed by atoms with Crippen LogP contribution < -0.4 is 10.6 Å². The number of phenolic OH excluding ortho intramolecular Hbond substituents is 1. The summed E-state index contributed by atoms with van der Waals surface area (Å²) >= 11 is 0. The van der Waals surface area contributed by atoms with Crippen molar-refractivity contribution in [3.05, 3.63) is 39.7 Å². The number of fused-ring (bicyclic) bond motifs is 3. The van der Waals surface area contributed by atoms with E-state index >= 15 is 0 Å². The molecule has 0 spiro atoms. The van der Waals surface area contributed by atoms with Crippen LogP contribution in [0.3, 0.4) is 0 Å². The predicted molar refractivity (Wildman–Crippen MR) is 154 cm³/mol. The summed E-state index contributed by atoms with van der Waals surface area (Å²) < 4.78 is 0. The highest BCUT2D eigenvalue weighted by atomic mass is 16.3. The Labute approximate surface area is 240 Å². The second kappa shape index (κ2) is 10.8. The van der Waals surface area contributed by atoms with Gasteiger partial charge in [-0.15, -0.1) is 0 Å². The van der Waals surface area contributed by atoms with Gasteiger partial charge in [0.15, 0.2) is 11.4 Å². The van der Waals surface area contributed by atoms with Crippen LogP contribution in [0.2, 0.25) is 0 Å². The highest BCUT2D eigenvalue weighted by Crippen LogP contribution is 2.54. The molecule has 1 fully saturated rings. The Hall–Kier alpha value is -3.41. The highest BCUT2D eigenvalue weighted by Gasteiger charge is 2.64. The maximum absolute atomic E-state index is 14.0. The number of nitrogens with two attached hydrogens (primary N) is 1. The van der Waals surface area contributed by atoms with Crippen molar-refractivity contribution in [1.82, 2.24) is 9.80 Å². The van der Waals surface area contributed by atoms with E-state index in [-0.39, 0.29) is 29.7 Å². The Morgan fingerprint density at radius 1 is 1.15 bits per heavy atom. The molecule has 3 aliphatic rings. The summed E-state index contributed by atoms with van der Waals surface area (Å²) in [4.78, 5) is 45.2. The van der Waals surface area contributed by atoms with Crippen molar-refractivity contribution in [2.75, 3.05) is 46.2 Å². The minimum absolute atomic E-state index is 0.0536. The van der Waals surface area contributed by atoms with E-state index in [2.05, 4.69) is 25.7 Å². The molecule has 6 N–H and O–H groups in total. The number of benzene rings is 1. The Kier molecular flexibility index (Phi) is 8.03. The molecule has 0 bridgehead atoms. The van der Waals surface area contributed by atoms with Gasteiger partial charge in [0, 0.05) is 44.4 Å². The molecule has 3 aliphatic carbocycles. The third-order valence-corrected chi connectivity index (χ3v) is 8.68. The summed E-state index contributed by atoms with van der Waals surface area (Å²) in [6.07, 6.45) is 0.303. The molecule has 0 aliphatic heterocycles. The van der Waals surface area contributed by atoms with Crippen LogP contribution in [0.15, 0.2) is 23.0 Å². The van der Waals surface area contributed by atoms with E-state index in [1.54, 1.807) is 20.2 Å². The molecule has 0 radical (unpaired) electrons.